The third-order valence-corrected chi connectivity index (χ3v) is 5.30. The lowest BCUT2D eigenvalue weighted by molar-refractivity contribution is 0.0635. The van der Waals surface area contributed by atoms with Gasteiger partial charge in [-0.05, 0) is 64.8 Å². The third kappa shape index (κ3) is 5.13. The Kier molecular flexibility index (Phi) is 6.05. The number of imidazole rings is 1. The predicted octanol–water partition coefficient (Wildman–Crippen LogP) is 5.20. The van der Waals surface area contributed by atoms with Gasteiger partial charge >= 0.3 is 6.09 Å². The summed E-state index contributed by atoms with van der Waals surface area (Å²) in [5.41, 5.74) is 1.89. The van der Waals surface area contributed by atoms with Gasteiger partial charge in [0.25, 0.3) is 5.91 Å². The molecule has 3 aromatic rings. The number of hydrogen-bond donors (Lipinski definition) is 2. The highest BCUT2D eigenvalue weighted by Crippen LogP contribution is 2.27. The van der Waals surface area contributed by atoms with Crippen LogP contribution in [-0.4, -0.2) is 32.1 Å². The number of rotatable bonds is 3. The van der Waals surface area contributed by atoms with Crippen molar-refractivity contribution in [2.75, 3.05) is 10.6 Å². The SMILES string of the molecule is Cc1cc(C(=O)Nc2cc(F)ccc2NC(=O)OC(C)(C)C)c2nc3n(c2n1)CCCCC3. The lowest BCUT2D eigenvalue weighted by Crippen LogP contribution is -2.27. The van der Waals surface area contributed by atoms with Crippen molar-refractivity contribution in [3.05, 3.63) is 47.2 Å². The molecule has 8 nitrogen and oxygen atoms in total. The molecule has 0 bridgehead atoms. The van der Waals surface area contributed by atoms with Crippen LogP contribution in [0.1, 0.15) is 61.9 Å². The molecule has 0 spiro atoms. The highest BCUT2D eigenvalue weighted by atomic mass is 19.1. The fourth-order valence-electron chi connectivity index (χ4n) is 3.92. The van der Waals surface area contributed by atoms with Gasteiger partial charge in [-0.25, -0.2) is 19.2 Å². The van der Waals surface area contributed by atoms with Crippen LogP contribution in [0, 0.1) is 12.7 Å². The minimum absolute atomic E-state index is 0.120. The average Bonchev–Trinajstić information content (AvgIpc) is 2.89. The van der Waals surface area contributed by atoms with E-state index in [0.29, 0.717) is 22.4 Å². The number of carbonyl (C=O) groups is 2. The summed E-state index contributed by atoms with van der Waals surface area (Å²) in [6.45, 7) is 7.86. The van der Waals surface area contributed by atoms with Crippen LogP contribution in [0.3, 0.4) is 0 Å². The molecule has 0 fully saturated rings. The first-order valence-corrected chi connectivity index (χ1v) is 11.1. The molecule has 3 heterocycles. The Balaban J connectivity index is 1.66. The minimum atomic E-state index is -0.704. The fourth-order valence-corrected chi connectivity index (χ4v) is 3.92. The topological polar surface area (TPSA) is 98.1 Å². The van der Waals surface area contributed by atoms with Crippen molar-refractivity contribution in [2.45, 2.75) is 65.5 Å². The summed E-state index contributed by atoms with van der Waals surface area (Å²) in [4.78, 5) is 34.9. The summed E-state index contributed by atoms with van der Waals surface area (Å²) in [6.07, 6.45) is 3.36. The number of aryl methyl sites for hydroxylation is 3. The van der Waals surface area contributed by atoms with E-state index in [1.165, 1.54) is 12.1 Å². The van der Waals surface area contributed by atoms with Crippen LogP contribution < -0.4 is 10.6 Å². The second-order valence-corrected chi connectivity index (χ2v) is 9.24. The standard InChI is InChI=1S/C24H28FN5O3/c1-14-12-16(20-21(26-14)30-11-7-5-6-8-19(30)29-20)22(31)27-18-13-15(25)9-10-17(18)28-23(32)33-24(2,3)4/h9-10,12-13H,5-8,11H2,1-4H3,(H,27,31)(H,28,32). The van der Waals surface area contributed by atoms with E-state index < -0.39 is 23.4 Å². The minimum Gasteiger partial charge on any atom is -0.444 e. The summed E-state index contributed by atoms with van der Waals surface area (Å²) in [6, 6.07) is 5.40. The van der Waals surface area contributed by atoms with Crippen molar-refractivity contribution in [2.24, 2.45) is 0 Å². The lowest BCUT2D eigenvalue weighted by Gasteiger charge is -2.20. The first-order chi connectivity index (χ1) is 15.6. The van der Waals surface area contributed by atoms with Crippen molar-refractivity contribution in [1.29, 1.82) is 0 Å². The summed E-state index contributed by atoms with van der Waals surface area (Å²) in [7, 11) is 0. The van der Waals surface area contributed by atoms with E-state index in [2.05, 4.69) is 20.2 Å². The third-order valence-electron chi connectivity index (χ3n) is 5.30. The summed E-state index contributed by atoms with van der Waals surface area (Å²) < 4.78 is 21.4. The molecule has 0 saturated carbocycles. The predicted molar refractivity (Wildman–Crippen MR) is 124 cm³/mol. The van der Waals surface area contributed by atoms with Gasteiger partial charge in [0.2, 0.25) is 0 Å². The van der Waals surface area contributed by atoms with Gasteiger partial charge in [0.15, 0.2) is 5.65 Å². The lowest BCUT2D eigenvalue weighted by atomic mass is 10.1. The molecule has 2 amide bonds. The van der Waals surface area contributed by atoms with Gasteiger partial charge in [0.05, 0.1) is 16.9 Å². The van der Waals surface area contributed by atoms with Crippen molar-refractivity contribution < 1.29 is 18.7 Å². The zero-order valence-corrected chi connectivity index (χ0v) is 19.3. The maximum Gasteiger partial charge on any atom is 0.412 e. The molecular weight excluding hydrogens is 425 g/mol. The van der Waals surface area contributed by atoms with E-state index in [1.54, 1.807) is 26.8 Å². The molecule has 0 atom stereocenters. The molecule has 0 radical (unpaired) electrons. The molecule has 1 aromatic carbocycles. The first-order valence-electron chi connectivity index (χ1n) is 11.1. The first kappa shape index (κ1) is 22.7. The van der Waals surface area contributed by atoms with Crippen LogP contribution in [0.25, 0.3) is 11.2 Å². The highest BCUT2D eigenvalue weighted by Gasteiger charge is 2.22. The zero-order chi connectivity index (χ0) is 23.8. The molecule has 174 valence electrons. The van der Waals surface area contributed by atoms with Gasteiger partial charge < -0.3 is 14.6 Å². The van der Waals surface area contributed by atoms with Crippen molar-refractivity contribution >= 4 is 34.5 Å². The van der Waals surface area contributed by atoms with E-state index in [9.17, 15) is 14.0 Å². The molecule has 0 unspecified atom stereocenters. The van der Waals surface area contributed by atoms with Crippen LogP contribution >= 0.6 is 0 Å². The quantitative estimate of drug-likeness (QED) is 0.568. The second kappa shape index (κ2) is 8.80. The van der Waals surface area contributed by atoms with Gasteiger partial charge in [0, 0.05) is 18.7 Å². The van der Waals surface area contributed by atoms with E-state index in [-0.39, 0.29) is 11.4 Å². The number of aromatic nitrogens is 3. The normalized spacial score (nSPS) is 13.8. The maximum absolute atomic E-state index is 14.0. The van der Waals surface area contributed by atoms with Gasteiger partial charge in [0.1, 0.15) is 22.8 Å². The van der Waals surface area contributed by atoms with Crippen LogP contribution in [0.4, 0.5) is 20.6 Å². The molecule has 0 aliphatic carbocycles. The molecule has 9 heteroatoms. The van der Waals surface area contributed by atoms with E-state index in [0.717, 1.165) is 44.1 Å². The summed E-state index contributed by atoms with van der Waals surface area (Å²) in [5, 5.41) is 5.29. The van der Waals surface area contributed by atoms with E-state index >= 15 is 0 Å². The Morgan fingerprint density at radius 2 is 1.85 bits per heavy atom. The fraction of sp³-hybridized carbons (Fsp3) is 0.417. The van der Waals surface area contributed by atoms with Crippen molar-refractivity contribution in [3.63, 3.8) is 0 Å². The van der Waals surface area contributed by atoms with Crippen molar-refractivity contribution in [1.82, 2.24) is 14.5 Å². The Labute approximate surface area is 191 Å². The van der Waals surface area contributed by atoms with Crippen LogP contribution in [-0.2, 0) is 17.7 Å². The van der Waals surface area contributed by atoms with Gasteiger partial charge in [-0.1, -0.05) is 6.42 Å². The van der Waals surface area contributed by atoms with Crippen molar-refractivity contribution in [3.8, 4) is 0 Å². The number of carbonyl (C=O) groups excluding carboxylic acids is 2. The molecule has 1 aliphatic rings. The molecule has 2 aromatic heterocycles. The highest BCUT2D eigenvalue weighted by molar-refractivity contribution is 6.12. The summed E-state index contributed by atoms with van der Waals surface area (Å²) in [5.74, 6) is -0.0888. The molecular formula is C24H28FN5O3. The molecule has 0 saturated heterocycles. The van der Waals surface area contributed by atoms with E-state index in [1.807, 2.05) is 6.92 Å². The second-order valence-electron chi connectivity index (χ2n) is 9.24. The zero-order valence-electron chi connectivity index (χ0n) is 19.3. The number of halogens is 1. The maximum atomic E-state index is 14.0. The van der Waals surface area contributed by atoms with Crippen LogP contribution in [0.15, 0.2) is 24.3 Å². The van der Waals surface area contributed by atoms with Crippen LogP contribution in [0.2, 0.25) is 0 Å². The Bertz CT molecular complexity index is 1230. The molecule has 2 N–H and O–H groups in total. The number of nitrogens with one attached hydrogen (secondary N) is 2. The number of fused-ring (bicyclic) bond motifs is 3. The molecule has 33 heavy (non-hydrogen) atoms. The van der Waals surface area contributed by atoms with E-state index in [4.69, 9.17) is 9.72 Å². The number of amides is 2. The van der Waals surface area contributed by atoms with Gasteiger partial charge in [-0.15, -0.1) is 0 Å². The number of hydrogen-bond acceptors (Lipinski definition) is 5. The largest absolute Gasteiger partial charge is 0.444 e. The molecule has 1 aliphatic heterocycles. The van der Waals surface area contributed by atoms with Gasteiger partial charge in [-0.3, -0.25) is 10.1 Å². The Hall–Kier alpha value is -3.49. The smallest absolute Gasteiger partial charge is 0.412 e. The van der Waals surface area contributed by atoms with Crippen LogP contribution in [0.5, 0.6) is 0 Å². The summed E-state index contributed by atoms with van der Waals surface area (Å²) >= 11 is 0. The van der Waals surface area contributed by atoms with Gasteiger partial charge in [-0.2, -0.15) is 0 Å². The Morgan fingerprint density at radius 3 is 2.61 bits per heavy atom. The Morgan fingerprint density at radius 1 is 1.06 bits per heavy atom. The molecule has 4 rings (SSSR count). The number of ether oxygens (including phenoxy) is 1. The number of pyridine rings is 1. The number of anilines is 2. The number of nitrogens with zero attached hydrogens (tertiary/aromatic N) is 3. The monoisotopic (exact) mass is 453 g/mol. The number of benzene rings is 1. The average molecular weight is 454 g/mol.